The Bertz CT molecular complexity index is 359. The van der Waals surface area contributed by atoms with Gasteiger partial charge in [-0.1, -0.05) is 39.7 Å². The Balaban J connectivity index is 2.24. The van der Waals surface area contributed by atoms with Gasteiger partial charge in [0.15, 0.2) is 0 Å². The van der Waals surface area contributed by atoms with Crippen molar-refractivity contribution in [3.63, 3.8) is 0 Å². The molecule has 0 heterocycles. The summed E-state index contributed by atoms with van der Waals surface area (Å²) in [5.74, 6) is 0. The van der Waals surface area contributed by atoms with Gasteiger partial charge in [0.05, 0.1) is 0 Å². The fourth-order valence-electron chi connectivity index (χ4n) is 1.78. The molecule has 0 unspecified atom stereocenters. The van der Waals surface area contributed by atoms with E-state index in [-0.39, 0.29) is 0 Å². The van der Waals surface area contributed by atoms with Crippen molar-refractivity contribution in [1.29, 1.82) is 0 Å². The lowest BCUT2D eigenvalue weighted by atomic mass is 9.93. The van der Waals surface area contributed by atoms with E-state index < -0.39 is 0 Å². The Morgan fingerprint density at radius 2 is 1.86 bits per heavy atom. The Labute approximate surface area is 98.2 Å². The molecule has 0 saturated heterocycles. The minimum atomic E-state index is 0.981. The minimum absolute atomic E-state index is 0.981. The van der Waals surface area contributed by atoms with Crippen molar-refractivity contribution in [2.24, 2.45) is 0 Å². The molecule has 0 aromatic heterocycles. The first-order valence-corrected chi connectivity index (χ1v) is 6.05. The molecule has 2 aliphatic carbocycles. The predicted molar refractivity (Wildman–Crippen MR) is 65.6 cm³/mol. The summed E-state index contributed by atoms with van der Waals surface area (Å²) >= 11 is 9.55. The zero-order valence-corrected chi connectivity index (χ0v) is 10.2. The molecule has 0 aliphatic heterocycles. The topological polar surface area (TPSA) is 0 Å². The van der Waals surface area contributed by atoms with Crippen LogP contribution in [0.25, 0.3) is 0 Å². The zero-order valence-electron chi connectivity index (χ0n) is 7.89. The van der Waals surface area contributed by atoms with E-state index in [1.807, 2.05) is 0 Å². The fourth-order valence-corrected chi connectivity index (χ4v) is 2.51. The van der Waals surface area contributed by atoms with E-state index in [0.29, 0.717) is 0 Å². The summed E-state index contributed by atoms with van der Waals surface area (Å²) < 4.78 is 1.19. The van der Waals surface area contributed by atoms with Crippen molar-refractivity contribution < 1.29 is 0 Å². The van der Waals surface area contributed by atoms with Crippen molar-refractivity contribution in [3.8, 4) is 0 Å². The summed E-state index contributed by atoms with van der Waals surface area (Å²) in [6.07, 6.45) is 13.1. The van der Waals surface area contributed by atoms with Gasteiger partial charge in [0.2, 0.25) is 0 Å². The van der Waals surface area contributed by atoms with Gasteiger partial charge in [-0.05, 0) is 49.0 Å². The van der Waals surface area contributed by atoms with Crippen molar-refractivity contribution in [2.45, 2.75) is 25.7 Å². The highest BCUT2D eigenvalue weighted by atomic mass is 79.9. The molecule has 0 spiro atoms. The normalized spacial score (nSPS) is 22.1. The van der Waals surface area contributed by atoms with Gasteiger partial charge in [0.1, 0.15) is 0 Å². The largest absolute Gasteiger partial charge is 0.0891 e. The highest BCUT2D eigenvalue weighted by Gasteiger charge is 2.10. The highest BCUT2D eigenvalue weighted by Crippen LogP contribution is 2.31. The Morgan fingerprint density at radius 1 is 1.07 bits per heavy atom. The van der Waals surface area contributed by atoms with Crippen molar-refractivity contribution in [2.75, 3.05) is 0 Å². The second-order valence-corrected chi connectivity index (χ2v) is 4.99. The standard InChI is InChI=1S/C12H12BrCl/c13-11-5-1-3-9(7-11)10-4-2-6-12(14)8-10/h4-5,7-8H,1-3,6H2. The summed E-state index contributed by atoms with van der Waals surface area (Å²) in [5, 5.41) is 0.981. The molecule has 14 heavy (non-hydrogen) atoms. The van der Waals surface area contributed by atoms with Crippen LogP contribution >= 0.6 is 27.5 Å². The SMILES string of the molecule is ClC1=CC(C2=CC(Br)=CCC2)=CCC1. The van der Waals surface area contributed by atoms with E-state index in [9.17, 15) is 0 Å². The molecular weight excluding hydrogens is 259 g/mol. The first-order chi connectivity index (χ1) is 6.75. The molecule has 2 aliphatic rings. The van der Waals surface area contributed by atoms with Crippen molar-refractivity contribution in [1.82, 2.24) is 0 Å². The van der Waals surface area contributed by atoms with Gasteiger partial charge in [-0.25, -0.2) is 0 Å². The van der Waals surface area contributed by atoms with E-state index >= 15 is 0 Å². The molecule has 0 N–H and O–H groups in total. The molecule has 2 rings (SSSR count). The molecule has 0 aromatic carbocycles. The summed E-state index contributed by atoms with van der Waals surface area (Å²) in [5.41, 5.74) is 2.71. The van der Waals surface area contributed by atoms with Crippen LogP contribution in [0.1, 0.15) is 25.7 Å². The van der Waals surface area contributed by atoms with E-state index in [4.69, 9.17) is 11.6 Å². The highest BCUT2D eigenvalue weighted by molar-refractivity contribution is 9.11. The van der Waals surface area contributed by atoms with Gasteiger partial charge in [-0.15, -0.1) is 0 Å². The number of allylic oxidation sites excluding steroid dienone is 8. The fraction of sp³-hybridized carbons (Fsp3) is 0.333. The van der Waals surface area contributed by atoms with Crippen LogP contribution in [0.5, 0.6) is 0 Å². The van der Waals surface area contributed by atoms with Crippen molar-refractivity contribution >= 4 is 27.5 Å². The second kappa shape index (κ2) is 4.50. The summed E-state index contributed by atoms with van der Waals surface area (Å²) in [6.45, 7) is 0. The van der Waals surface area contributed by atoms with Crippen LogP contribution in [0.4, 0.5) is 0 Å². The third kappa shape index (κ3) is 2.40. The molecule has 0 amide bonds. The molecule has 74 valence electrons. The Kier molecular flexibility index (Phi) is 3.30. The number of hydrogen-bond acceptors (Lipinski definition) is 0. The molecule has 0 bridgehead atoms. The zero-order chi connectivity index (χ0) is 9.97. The maximum absolute atomic E-state index is 6.03. The maximum Gasteiger partial charge on any atom is 0.0190 e. The lowest BCUT2D eigenvalue weighted by Gasteiger charge is -2.15. The lowest BCUT2D eigenvalue weighted by molar-refractivity contribution is 0.944. The van der Waals surface area contributed by atoms with Gasteiger partial charge < -0.3 is 0 Å². The quantitative estimate of drug-likeness (QED) is 0.641. The average Bonchev–Trinajstić information content (AvgIpc) is 2.18. The summed E-state index contributed by atoms with van der Waals surface area (Å²) in [4.78, 5) is 0. The molecule has 0 radical (unpaired) electrons. The molecule has 0 atom stereocenters. The number of halogens is 2. The van der Waals surface area contributed by atoms with Crippen LogP contribution in [0.15, 0.2) is 45.0 Å². The van der Waals surface area contributed by atoms with Crippen molar-refractivity contribution in [3.05, 3.63) is 45.0 Å². The smallest absolute Gasteiger partial charge is 0.0190 e. The van der Waals surface area contributed by atoms with Crippen LogP contribution in [0, 0.1) is 0 Å². The molecule has 0 nitrogen and oxygen atoms in total. The van der Waals surface area contributed by atoms with Crippen LogP contribution in [-0.4, -0.2) is 0 Å². The summed E-state index contributed by atoms with van der Waals surface area (Å²) in [7, 11) is 0. The second-order valence-electron chi connectivity index (χ2n) is 3.59. The number of hydrogen-bond donors (Lipinski definition) is 0. The van der Waals surface area contributed by atoms with E-state index in [1.54, 1.807) is 0 Å². The first-order valence-electron chi connectivity index (χ1n) is 4.88. The molecule has 0 aromatic rings. The van der Waals surface area contributed by atoms with Gasteiger partial charge in [-0.2, -0.15) is 0 Å². The van der Waals surface area contributed by atoms with Gasteiger partial charge >= 0.3 is 0 Å². The van der Waals surface area contributed by atoms with E-state index in [2.05, 4.69) is 40.2 Å². The monoisotopic (exact) mass is 270 g/mol. The predicted octanol–water partition coefficient (Wildman–Crippen LogP) is 4.83. The van der Waals surface area contributed by atoms with Crippen LogP contribution in [0.2, 0.25) is 0 Å². The van der Waals surface area contributed by atoms with Crippen LogP contribution in [0.3, 0.4) is 0 Å². The molecular formula is C12H12BrCl. The maximum atomic E-state index is 6.03. The van der Waals surface area contributed by atoms with E-state index in [1.165, 1.54) is 15.6 Å². The first kappa shape index (κ1) is 10.3. The molecule has 0 fully saturated rings. The average molecular weight is 272 g/mol. The van der Waals surface area contributed by atoms with Crippen LogP contribution < -0.4 is 0 Å². The van der Waals surface area contributed by atoms with Gasteiger partial charge in [-0.3, -0.25) is 0 Å². The van der Waals surface area contributed by atoms with Crippen LogP contribution in [-0.2, 0) is 0 Å². The Morgan fingerprint density at radius 3 is 2.57 bits per heavy atom. The molecule has 0 saturated carbocycles. The lowest BCUT2D eigenvalue weighted by Crippen LogP contribution is -1.96. The Hall–Kier alpha value is -0.270. The van der Waals surface area contributed by atoms with E-state index in [0.717, 1.165) is 30.7 Å². The van der Waals surface area contributed by atoms with Gasteiger partial charge in [0.25, 0.3) is 0 Å². The minimum Gasteiger partial charge on any atom is -0.0891 e. The third-order valence-corrected chi connectivity index (χ3v) is 3.35. The van der Waals surface area contributed by atoms with Gasteiger partial charge in [0, 0.05) is 9.51 Å². The molecule has 2 heteroatoms. The third-order valence-electron chi connectivity index (χ3n) is 2.50. The summed E-state index contributed by atoms with van der Waals surface area (Å²) in [6, 6.07) is 0. The number of rotatable bonds is 1.